The number of amides is 1. The van der Waals surface area contributed by atoms with Crippen molar-refractivity contribution in [1.82, 2.24) is 30.4 Å². The van der Waals surface area contributed by atoms with Gasteiger partial charge in [-0.15, -0.1) is 5.10 Å². The number of anilines is 1. The Morgan fingerprint density at radius 1 is 1.28 bits per heavy atom. The van der Waals surface area contributed by atoms with Crippen molar-refractivity contribution in [2.24, 2.45) is 0 Å². The summed E-state index contributed by atoms with van der Waals surface area (Å²) in [6.45, 7) is 2.13. The Hall–Kier alpha value is -3.03. The molecule has 1 aliphatic carbocycles. The fourth-order valence-corrected chi connectivity index (χ4v) is 3.24. The SMILES string of the molecule is CCc1ccc(-n2nc(C(=O)N(C)c3nn[nH]n3)c3c2CCC3)cc1. The maximum absolute atomic E-state index is 12.9. The molecule has 8 heteroatoms. The quantitative estimate of drug-likeness (QED) is 0.782. The van der Waals surface area contributed by atoms with Crippen LogP contribution in [0.5, 0.6) is 0 Å². The van der Waals surface area contributed by atoms with Crippen molar-refractivity contribution in [3.8, 4) is 5.69 Å². The number of fused-ring (bicyclic) bond motifs is 1. The molecule has 0 bridgehead atoms. The van der Waals surface area contributed by atoms with Gasteiger partial charge in [0.1, 0.15) is 0 Å². The lowest BCUT2D eigenvalue weighted by Crippen LogP contribution is -2.28. The molecule has 0 radical (unpaired) electrons. The minimum Gasteiger partial charge on any atom is -0.276 e. The third kappa shape index (κ3) is 2.59. The molecule has 0 spiro atoms. The summed E-state index contributed by atoms with van der Waals surface area (Å²) >= 11 is 0. The molecular weight excluding hydrogens is 318 g/mol. The van der Waals surface area contributed by atoms with Gasteiger partial charge < -0.3 is 0 Å². The number of rotatable bonds is 4. The highest BCUT2D eigenvalue weighted by Gasteiger charge is 2.29. The summed E-state index contributed by atoms with van der Waals surface area (Å²) in [5.41, 5.74) is 4.88. The summed E-state index contributed by atoms with van der Waals surface area (Å²) in [7, 11) is 1.63. The van der Waals surface area contributed by atoms with Crippen LogP contribution in [0.2, 0.25) is 0 Å². The molecule has 128 valence electrons. The number of aryl methyl sites for hydroxylation is 1. The van der Waals surface area contributed by atoms with E-state index >= 15 is 0 Å². The van der Waals surface area contributed by atoms with Gasteiger partial charge in [0.05, 0.1) is 5.69 Å². The molecule has 0 atom stereocenters. The van der Waals surface area contributed by atoms with Gasteiger partial charge in [0.2, 0.25) is 0 Å². The number of aromatic amines is 1. The van der Waals surface area contributed by atoms with Crippen molar-refractivity contribution in [2.45, 2.75) is 32.6 Å². The number of nitrogens with one attached hydrogen (secondary N) is 1. The highest BCUT2D eigenvalue weighted by Crippen LogP contribution is 2.29. The normalized spacial score (nSPS) is 13.0. The Morgan fingerprint density at radius 2 is 2.08 bits per heavy atom. The molecule has 1 amide bonds. The molecular formula is C17H19N7O. The third-order valence-electron chi connectivity index (χ3n) is 4.66. The average molecular weight is 337 g/mol. The van der Waals surface area contributed by atoms with Gasteiger partial charge in [0.15, 0.2) is 5.69 Å². The lowest BCUT2D eigenvalue weighted by Gasteiger charge is -2.11. The Kier molecular flexibility index (Phi) is 3.79. The molecule has 25 heavy (non-hydrogen) atoms. The van der Waals surface area contributed by atoms with Crippen molar-refractivity contribution < 1.29 is 4.79 Å². The summed E-state index contributed by atoms with van der Waals surface area (Å²) in [6.07, 6.45) is 3.82. The molecule has 1 N–H and O–H groups in total. The van der Waals surface area contributed by atoms with E-state index in [2.05, 4.69) is 56.9 Å². The van der Waals surface area contributed by atoms with Crippen LogP contribution in [-0.4, -0.2) is 43.4 Å². The molecule has 8 nitrogen and oxygen atoms in total. The monoisotopic (exact) mass is 337 g/mol. The predicted molar refractivity (Wildman–Crippen MR) is 91.9 cm³/mol. The minimum atomic E-state index is -0.219. The van der Waals surface area contributed by atoms with Crippen LogP contribution >= 0.6 is 0 Å². The summed E-state index contributed by atoms with van der Waals surface area (Å²) in [5, 5.41) is 18.2. The largest absolute Gasteiger partial charge is 0.281 e. The van der Waals surface area contributed by atoms with Crippen LogP contribution in [0, 0.1) is 0 Å². The van der Waals surface area contributed by atoms with Crippen LogP contribution in [-0.2, 0) is 19.3 Å². The van der Waals surface area contributed by atoms with Crippen LogP contribution in [0.4, 0.5) is 5.95 Å². The maximum atomic E-state index is 12.9. The number of tetrazole rings is 1. The zero-order valence-electron chi connectivity index (χ0n) is 14.2. The molecule has 1 aromatic carbocycles. The van der Waals surface area contributed by atoms with Crippen molar-refractivity contribution >= 4 is 11.9 Å². The molecule has 0 fully saturated rings. The van der Waals surface area contributed by atoms with Crippen molar-refractivity contribution in [3.05, 3.63) is 46.8 Å². The zero-order chi connectivity index (χ0) is 17.4. The Bertz CT molecular complexity index is 896. The molecule has 2 aromatic heterocycles. The van der Waals surface area contributed by atoms with Crippen LogP contribution in [0.1, 0.15) is 40.7 Å². The third-order valence-corrected chi connectivity index (χ3v) is 4.66. The van der Waals surface area contributed by atoms with Gasteiger partial charge in [0, 0.05) is 18.3 Å². The fraction of sp³-hybridized carbons (Fsp3) is 0.353. The second-order valence-electron chi connectivity index (χ2n) is 6.14. The van der Waals surface area contributed by atoms with E-state index < -0.39 is 0 Å². The number of benzene rings is 1. The number of aromatic nitrogens is 6. The fourth-order valence-electron chi connectivity index (χ4n) is 3.24. The number of hydrogen-bond donors (Lipinski definition) is 1. The number of carbonyl (C=O) groups excluding carboxylic acids is 1. The summed E-state index contributed by atoms with van der Waals surface area (Å²) in [4.78, 5) is 14.2. The molecule has 0 unspecified atom stereocenters. The highest BCUT2D eigenvalue weighted by molar-refractivity contribution is 6.04. The van der Waals surface area contributed by atoms with E-state index in [-0.39, 0.29) is 11.9 Å². The molecule has 0 saturated heterocycles. The van der Waals surface area contributed by atoms with E-state index in [1.54, 1.807) is 7.05 Å². The van der Waals surface area contributed by atoms with Gasteiger partial charge in [-0.25, -0.2) is 4.68 Å². The Labute approximate surface area is 144 Å². The molecule has 4 rings (SSSR count). The van der Waals surface area contributed by atoms with E-state index in [0.717, 1.165) is 42.6 Å². The molecule has 3 aromatic rings. The van der Waals surface area contributed by atoms with Gasteiger partial charge in [-0.05, 0) is 48.6 Å². The number of nitrogens with zero attached hydrogens (tertiary/aromatic N) is 6. The van der Waals surface area contributed by atoms with Gasteiger partial charge >= 0.3 is 0 Å². The topological polar surface area (TPSA) is 92.6 Å². The molecule has 1 aliphatic rings. The number of hydrogen-bond acceptors (Lipinski definition) is 5. The lowest BCUT2D eigenvalue weighted by atomic mass is 10.1. The van der Waals surface area contributed by atoms with Crippen molar-refractivity contribution in [1.29, 1.82) is 0 Å². The molecule has 0 saturated carbocycles. The summed E-state index contributed by atoms with van der Waals surface area (Å²) in [6, 6.07) is 8.32. The lowest BCUT2D eigenvalue weighted by molar-refractivity contribution is 0.0985. The number of H-pyrrole nitrogens is 1. The van der Waals surface area contributed by atoms with Crippen LogP contribution in [0.15, 0.2) is 24.3 Å². The van der Waals surface area contributed by atoms with E-state index in [4.69, 9.17) is 0 Å². The summed E-state index contributed by atoms with van der Waals surface area (Å²) < 4.78 is 1.90. The van der Waals surface area contributed by atoms with Crippen LogP contribution in [0.25, 0.3) is 5.69 Å². The summed E-state index contributed by atoms with van der Waals surface area (Å²) in [5.74, 6) is 0.0158. The Morgan fingerprint density at radius 3 is 2.76 bits per heavy atom. The van der Waals surface area contributed by atoms with Crippen molar-refractivity contribution in [2.75, 3.05) is 11.9 Å². The van der Waals surface area contributed by atoms with Gasteiger partial charge in [-0.2, -0.15) is 10.3 Å². The van der Waals surface area contributed by atoms with E-state index in [1.165, 1.54) is 10.5 Å². The second-order valence-corrected chi connectivity index (χ2v) is 6.14. The first kappa shape index (κ1) is 15.5. The standard InChI is InChI=1S/C17H19N7O/c1-3-11-7-9-12(10-8-11)24-14-6-4-5-13(14)15(20-24)16(25)23(2)17-18-21-22-19-17/h7-10H,3-6H2,1-2H3,(H,18,19,21,22). The van der Waals surface area contributed by atoms with Gasteiger partial charge in [-0.1, -0.05) is 24.2 Å². The Balaban J connectivity index is 1.73. The van der Waals surface area contributed by atoms with Crippen molar-refractivity contribution in [3.63, 3.8) is 0 Å². The minimum absolute atomic E-state index is 0.219. The second kappa shape index (κ2) is 6.12. The first-order chi connectivity index (χ1) is 12.2. The predicted octanol–water partition coefficient (Wildman–Crippen LogP) is 1.71. The molecule has 0 aliphatic heterocycles. The van der Waals surface area contributed by atoms with Crippen LogP contribution < -0.4 is 4.90 Å². The first-order valence-electron chi connectivity index (χ1n) is 8.40. The zero-order valence-corrected chi connectivity index (χ0v) is 14.2. The van der Waals surface area contributed by atoms with E-state index in [9.17, 15) is 4.79 Å². The van der Waals surface area contributed by atoms with Gasteiger partial charge in [0.25, 0.3) is 11.9 Å². The molecule has 2 heterocycles. The van der Waals surface area contributed by atoms with Gasteiger partial charge in [-0.3, -0.25) is 9.69 Å². The smallest absolute Gasteiger partial charge is 0.276 e. The average Bonchev–Trinajstić information content (AvgIpc) is 3.37. The highest BCUT2D eigenvalue weighted by atomic mass is 16.2. The first-order valence-corrected chi connectivity index (χ1v) is 8.40. The maximum Gasteiger partial charge on any atom is 0.281 e. The van der Waals surface area contributed by atoms with E-state index in [0.29, 0.717) is 5.69 Å². The number of carbonyl (C=O) groups is 1. The van der Waals surface area contributed by atoms with Crippen LogP contribution in [0.3, 0.4) is 0 Å². The van der Waals surface area contributed by atoms with E-state index in [1.807, 2.05) is 4.68 Å².